The van der Waals surface area contributed by atoms with Crippen LogP contribution in [0.4, 0.5) is 0 Å². The van der Waals surface area contributed by atoms with E-state index in [1.54, 1.807) is 0 Å². The molecule has 1 saturated carbocycles. The summed E-state index contributed by atoms with van der Waals surface area (Å²) in [7, 11) is 0. The number of carboxylic acid groups (broad SMARTS) is 1. The van der Waals surface area contributed by atoms with E-state index in [0.29, 0.717) is 6.61 Å². The van der Waals surface area contributed by atoms with Crippen LogP contribution in [-0.2, 0) is 9.53 Å². The van der Waals surface area contributed by atoms with Gasteiger partial charge < -0.3 is 9.84 Å². The van der Waals surface area contributed by atoms with Crippen LogP contribution in [0.5, 0.6) is 0 Å². The Morgan fingerprint density at radius 3 is 2.92 bits per heavy atom. The van der Waals surface area contributed by atoms with E-state index in [2.05, 4.69) is 6.92 Å². The second-order valence-electron chi connectivity index (χ2n) is 3.64. The van der Waals surface area contributed by atoms with Crippen molar-refractivity contribution in [3.8, 4) is 0 Å². The van der Waals surface area contributed by atoms with Crippen LogP contribution in [0.25, 0.3) is 0 Å². The fraction of sp³-hybridized carbons (Fsp3) is 0.900. The van der Waals surface area contributed by atoms with Crippen LogP contribution in [-0.4, -0.2) is 23.8 Å². The minimum Gasteiger partial charge on any atom is -0.481 e. The van der Waals surface area contributed by atoms with Crippen molar-refractivity contribution in [2.24, 2.45) is 5.92 Å². The van der Waals surface area contributed by atoms with Gasteiger partial charge in [0.05, 0.1) is 12.0 Å². The van der Waals surface area contributed by atoms with E-state index < -0.39 is 5.97 Å². The zero-order valence-corrected chi connectivity index (χ0v) is 8.16. The minimum atomic E-state index is -0.695. The third-order valence-electron chi connectivity index (χ3n) is 2.60. The molecule has 2 atom stereocenters. The molecule has 13 heavy (non-hydrogen) atoms. The first-order valence-corrected chi connectivity index (χ1v) is 5.10. The predicted octanol–water partition coefficient (Wildman–Crippen LogP) is 2.06. The standard InChI is InChI=1S/C10H18O3/c1-2-3-7-13-9-6-4-5-8(9)10(11)12/h8-9H,2-7H2,1H3,(H,11,12). The summed E-state index contributed by atoms with van der Waals surface area (Å²) >= 11 is 0. The monoisotopic (exact) mass is 186 g/mol. The van der Waals surface area contributed by atoms with Gasteiger partial charge >= 0.3 is 5.97 Å². The van der Waals surface area contributed by atoms with Gasteiger partial charge in [-0.2, -0.15) is 0 Å². The van der Waals surface area contributed by atoms with Gasteiger partial charge in [-0.1, -0.05) is 13.3 Å². The average molecular weight is 186 g/mol. The van der Waals surface area contributed by atoms with Gasteiger partial charge in [-0.25, -0.2) is 0 Å². The predicted molar refractivity (Wildman–Crippen MR) is 49.6 cm³/mol. The molecule has 0 amide bonds. The van der Waals surface area contributed by atoms with E-state index in [1.165, 1.54) is 0 Å². The molecule has 0 aromatic heterocycles. The molecule has 76 valence electrons. The lowest BCUT2D eigenvalue weighted by Gasteiger charge is -2.16. The number of hydrogen-bond acceptors (Lipinski definition) is 2. The van der Waals surface area contributed by atoms with Crippen molar-refractivity contribution in [3.05, 3.63) is 0 Å². The Hall–Kier alpha value is -0.570. The number of carboxylic acids is 1. The largest absolute Gasteiger partial charge is 0.481 e. The highest BCUT2D eigenvalue weighted by Gasteiger charge is 2.33. The van der Waals surface area contributed by atoms with Gasteiger partial charge in [-0.3, -0.25) is 4.79 Å². The first-order valence-electron chi connectivity index (χ1n) is 5.10. The molecule has 0 saturated heterocycles. The quantitative estimate of drug-likeness (QED) is 0.668. The van der Waals surface area contributed by atoms with Crippen molar-refractivity contribution < 1.29 is 14.6 Å². The molecule has 1 aliphatic rings. The molecular formula is C10H18O3. The molecule has 0 radical (unpaired) electrons. The highest BCUT2D eigenvalue weighted by molar-refractivity contribution is 5.71. The summed E-state index contributed by atoms with van der Waals surface area (Å²) in [5, 5.41) is 8.86. The third kappa shape index (κ3) is 2.99. The number of ether oxygens (including phenoxy) is 1. The Morgan fingerprint density at radius 1 is 1.54 bits per heavy atom. The summed E-state index contributed by atoms with van der Waals surface area (Å²) in [5.41, 5.74) is 0. The second kappa shape index (κ2) is 5.22. The van der Waals surface area contributed by atoms with Crippen molar-refractivity contribution in [1.29, 1.82) is 0 Å². The van der Waals surface area contributed by atoms with Gasteiger partial charge in [0.15, 0.2) is 0 Å². The summed E-state index contributed by atoms with van der Waals surface area (Å²) in [4.78, 5) is 10.8. The molecular weight excluding hydrogens is 168 g/mol. The Kier molecular flexibility index (Phi) is 4.22. The summed E-state index contributed by atoms with van der Waals surface area (Å²) in [5.74, 6) is -0.948. The lowest BCUT2D eigenvalue weighted by Crippen LogP contribution is -2.25. The van der Waals surface area contributed by atoms with Crippen LogP contribution in [0.15, 0.2) is 0 Å². The molecule has 0 bridgehead atoms. The fourth-order valence-electron chi connectivity index (χ4n) is 1.79. The molecule has 3 nitrogen and oxygen atoms in total. The van der Waals surface area contributed by atoms with Crippen LogP contribution >= 0.6 is 0 Å². The molecule has 0 heterocycles. The molecule has 1 rings (SSSR count). The molecule has 2 unspecified atom stereocenters. The van der Waals surface area contributed by atoms with Crippen LogP contribution in [0, 0.1) is 5.92 Å². The minimum absolute atomic E-state index is 0.0240. The molecule has 3 heteroatoms. The van der Waals surface area contributed by atoms with Crippen LogP contribution in [0.3, 0.4) is 0 Å². The highest BCUT2D eigenvalue weighted by Crippen LogP contribution is 2.28. The number of hydrogen-bond donors (Lipinski definition) is 1. The van der Waals surface area contributed by atoms with Crippen molar-refractivity contribution in [1.82, 2.24) is 0 Å². The van der Waals surface area contributed by atoms with Crippen LogP contribution in [0.2, 0.25) is 0 Å². The SMILES string of the molecule is CCCCOC1CCCC1C(=O)O. The number of aliphatic carboxylic acids is 1. The molecule has 0 aliphatic heterocycles. The Balaban J connectivity index is 2.27. The van der Waals surface area contributed by atoms with Crippen LogP contribution < -0.4 is 0 Å². The summed E-state index contributed by atoms with van der Waals surface area (Å²) in [6.45, 7) is 2.82. The van der Waals surface area contributed by atoms with Crippen molar-refractivity contribution in [2.45, 2.75) is 45.1 Å². The maximum Gasteiger partial charge on any atom is 0.309 e. The lowest BCUT2D eigenvalue weighted by molar-refractivity contribution is -0.146. The van der Waals surface area contributed by atoms with E-state index in [1.807, 2.05) is 0 Å². The van der Waals surface area contributed by atoms with E-state index >= 15 is 0 Å². The van der Waals surface area contributed by atoms with E-state index in [9.17, 15) is 4.79 Å². The summed E-state index contributed by atoms with van der Waals surface area (Å²) in [6.07, 6.45) is 4.80. The third-order valence-corrected chi connectivity index (χ3v) is 2.60. The highest BCUT2D eigenvalue weighted by atomic mass is 16.5. The van der Waals surface area contributed by atoms with Gasteiger partial charge in [0, 0.05) is 6.61 Å². The molecule has 0 spiro atoms. The Morgan fingerprint density at radius 2 is 2.31 bits per heavy atom. The van der Waals surface area contributed by atoms with Gasteiger partial charge in [-0.15, -0.1) is 0 Å². The summed E-state index contributed by atoms with van der Waals surface area (Å²) in [6, 6.07) is 0. The van der Waals surface area contributed by atoms with Gasteiger partial charge in [0.25, 0.3) is 0 Å². The lowest BCUT2D eigenvalue weighted by atomic mass is 10.1. The topological polar surface area (TPSA) is 46.5 Å². The number of carbonyl (C=O) groups is 1. The molecule has 1 fully saturated rings. The van der Waals surface area contributed by atoms with Crippen molar-refractivity contribution in [2.75, 3.05) is 6.61 Å². The Labute approximate surface area is 79.1 Å². The first-order chi connectivity index (χ1) is 6.25. The van der Waals surface area contributed by atoms with Gasteiger partial charge in [0.1, 0.15) is 0 Å². The van der Waals surface area contributed by atoms with Crippen molar-refractivity contribution in [3.63, 3.8) is 0 Å². The second-order valence-corrected chi connectivity index (χ2v) is 3.64. The number of rotatable bonds is 5. The Bertz CT molecular complexity index is 168. The number of unbranched alkanes of at least 4 members (excludes halogenated alkanes) is 1. The first kappa shape index (κ1) is 10.5. The normalized spacial score (nSPS) is 27.8. The maximum atomic E-state index is 10.8. The zero-order valence-electron chi connectivity index (χ0n) is 8.16. The van der Waals surface area contributed by atoms with Gasteiger partial charge in [0.2, 0.25) is 0 Å². The van der Waals surface area contributed by atoms with E-state index in [4.69, 9.17) is 9.84 Å². The van der Waals surface area contributed by atoms with Gasteiger partial charge in [-0.05, 0) is 25.7 Å². The van der Waals surface area contributed by atoms with E-state index in [-0.39, 0.29) is 12.0 Å². The molecule has 1 N–H and O–H groups in total. The molecule has 0 aromatic carbocycles. The van der Waals surface area contributed by atoms with Crippen LogP contribution in [0.1, 0.15) is 39.0 Å². The average Bonchev–Trinajstić information content (AvgIpc) is 2.53. The van der Waals surface area contributed by atoms with E-state index in [0.717, 1.165) is 32.1 Å². The maximum absolute atomic E-state index is 10.8. The summed E-state index contributed by atoms with van der Waals surface area (Å²) < 4.78 is 5.54. The molecule has 0 aromatic rings. The fourth-order valence-corrected chi connectivity index (χ4v) is 1.79. The zero-order chi connectivity index (χ0) is 9.68. The molecule has 1 aliphatic carbocycles. The smallest absolute Gasteiger partial charge is 0.309 e. The van der Waals surface area contributed by atoms with Crippen molar-refractivity contribution >= 4 is 5.97 Å².